The maximum Gasteiger partial charge on any atom is 0.265 e. The maximum atomic E-state index is 12.5. The molecule has 128 valence electrons. The molecule has 0 radical (unpaired) electrons. The highest BCUT2D eigenvalue weighted by Crippen LogP contribution is 2.30. The van der Waals surface area contributed by atoms with Gasteiger partial charge >= 0.3 is 0 Å². The molecule has 1 atom stereocenters. The normalized spacial score (nSPS) is 11.5. The first-order chi connectivity index (χ1) is 11.6. The molecule has 0 aliphatic carbocycles. The summed E-state index contributed by atoms with van der Waals surface area (Å²) in [5.74, 6) is 1.35. The molecule has 2 aromatic rings. The Labute approximate surface area is 146 Å². The molecule has 0 aromatic heterocycles. The largest absolute Gasteiger partial charge is 0.497 e. The molecule has 1 unspecified atom stereocenters. The van der Waals surface area contributed by atoms with Crippen molar-refractivity contribution < 1.29 is 19.0 Å². The van der Waals surface area contributed by atoms with Crippen molar-refractivity contribution in [3.8, 4) is 17.2 Å². The number of rotatable bonds is 7. The van der Waals surface area contributed by atoms with Crippen molar-refractivity contribution in [3.05, 3.63) is 47.5 Å². The minimum atomic E-state index is -0.670. The fourth-order valence-corrected chi connectivity index (χ4v) is 2.31. The predicted octanol–water partition coefficient (Wildman–Crippen LogP) is 4.15. The monoisotopic (exact) mass is 349 g/mol. The number of amides is 1. The number of benzene rings is 2. The fraction of sp³-hybridized carbons (Fsp3) is 0.278. The topological polar surface area (TPSA) is 56.8 Å². The number of para-hydroxylation sites is 1. The summed E-state index contributed by atoms with van der Waals surface area (Å²) in [6, 6.07) is 12.2. The molecule has 5 nitrogen and oxygen atoms in total. The molecule has 2 aromatic carbocycles. The Morgan fingerprint density at radius 3 is 2.50 bits per heavy atom. The Hall–Kier alpha value is -2.40. The predicted molar refractivity (Wildman–Crippen MR) is 94.3 cm³/mol. The smallest absolute Gasteiger partial charge is 0.265 e. The number of halogens is 1. The Bertz CT molecular complexity index is 705. The highest BCUT2D eigenvalue weighted by Gasteiger charge is 2.21. The van der Waals surface area contributed by atoms with Crippen LogP contribution in [0.2, 0.25) is 5.02 Å². The van der Waals surface area contributed by atoms with Crippen LogP contribution in [0.25, 0.3) is 0 Å². The molecule has 0 saturated heterocycles. The average Bonchev–Trinajstić information content (AvgIpc) is 2.61. The van der Waals surface area contributed by atoms with Gasteiger partial charge in [0.15, 0.2) is 6.10 Å². The van der Waals surface area contributed by atoms with E-state index in [9.17, 15) is 4.79 Å². The zero-order chi connectivity index (χ0) is 17.5. The number of ether oxygens (including phenoxy) is 3. The van der Waals surface area contributed by atoms with Crippen LogP contribution in [0.3, 0.4) is 0 Å². The quantitative estimate of drug-likeness (QED) is 0.815. The molecule has 24 heavy (non-hydrogen) atoms. The van der Waals surface area contributed by atoms with E-state index in [0.717, 1.165) is 0 Å². The summed E-state index contributed by atoms with van der Waals surface area (Å²) >= 11 is 6.08. The van der Waals surface area contributed by atoms with Crippen LogP contribution in [0.5, 0.6) is 17.2 Å². The van der Waals surface area contributed by atoms with Crippen molar-refractivity contribution in [2.24, 2.45) is 0 Å². The number of nitrogens with one attached hydrogen (secondary N) is 1. The van der Waals surface area contributed by atoms with E-state index in [1.54, 1.807) is 49.6 Å². The van der Waals surface area contributed by atoms with Crippen molar-refractivity contribution in [2.75, 3.05) is 19.5 Å². The van der Waals surface area contributed by atoms with Gasteiger partial charge in [0, 0.05) is 6.07 Å². The van der Waals surface area contributed by atoms with E-state index in [-0.39, 0.29) is 5.91 Å². The second kappa shape index (κ2) is 8.45. The third-order valence-electron chi connectivity index (χ3n) is 3.44. The molecule has 2 rings (SSSR count). The lowest BCUT2D eigenvalue weighted by Gasteiger charge is -2.19. The van der Waals surface area contributed by atoms with E-state index >= 15 is 0 Å². The number of hydrogen-bond acceptors (Lipinski definition) is 4. The molecule has 0 aliphatic rings. The summed E-state index contributed by atoms with van der Waals surface area (Å²) in [5, 5.41) is 3.28. The highest BCUT2D eigenvalue weighted by molar-refractivity contribution is 6.32. The molecule has 0 spiro atoms. The van der Waals surface area contributed by atoms with Gasteiger partial charge in [0.25, 0.3) is 5.91 Å². The van der Waals surface area contributed by atoms with E-state index in [1.807, 2.05) is 6.92 Å². The third-order valence-corrected chi connectivity index (χ3v) is 3.75. The van der Waals surface area contributed by atoms with Crippen LogP contribution < -0.4 is 19.5 Å². The van der Waals surface area contributed by atoms with E-state index < -0.39 is 6.10 Å². The number of hydrogen-bond donors (Lipinski definition) is 1. The maximum absolute atomic E-state index is 12.5. The van der Waals surface area contributed by atoms with E-state index in [2.05, 4.69) is 5.32 Å². The number of carbonyl (C=O) groups excluding carboxylic acids is 1. The summed E-state index contributed by atoms with van der Waals surface area (Å²) < 4.78 is 16.2. The van der Waals surface area contributed by atoms with Gasteiger partial charge in [-0.3, -0.25) is 4.79 Å². The molecule has 0 heterocycles. The lowest BCUT2D eigenvalue weighted by molar-refractivity contribution is -0.122. The number of anilines is 1. The summed E-state index contributed by atoms with van der Waals surface area (Å²) in [6.07, 6.45) is -0.174. The van der Waals surface area contributed by atoms with Gasteiger partial charge < -0.3 is 19.5 Å². The fourth-order valence-electron chi connectivity index (χ4n) is 2.13. The van der Waals surface area contributed by atoms with Gasteiger partial charge in [-0.25, -0.2) is 0 Å². The Morgan fingerprint density at radius 2 is 1.88 bits per heavy atom. The van der Waals surface area contributed by atoms with Gasteiger partial charge in [-0.1, -0.05) is 30.7 Å². The van der Waals surface area contributed by atoms with E-state index in [1.165, 1.54) is 7.11 Å². The van der Waals surface area contributed by atoms with Crippen LogP contribution >= 0.6 is 11.6 Å². The van der Waals surface area contributed by atoms with Crippen molar-refractivity contribution in [3.63, 3.8) is 0 Å². The number of carbonyl (C=O) groups is 1. The number of methoxy groups -OCH3 is 2. The second-order valence-corrected chi connectivity index (χ2v) is 5.41. The van der Waals surface area contributed by atoms with Crippen molar-refractivity contribution in [2.45, 2.75) is 19.4 Å². The van der Waals surface area contributed by atoms with Crippen molar-refractivity contribution >= 4 is 23.2 Å². The lowest BCUT2D eigenvalue weighted by atomic mass is 10.2. The molecule has 0 fully saturated rings. The van der Waals surface area contributed by atoms with E-state index in [0.29, 0.717) is 34.4 Å². The zero-order valence-corrected chi connectivity index (χ0v) is 14.6. The SMILES string of the molecule is CCC(Oc1ccccc1Cl)C(=O)Nc1ccc(OC)cc1OC. The summed E-state index contributed by atoms with van der Waals surface area (Å²) in [5.41, 5.74) is 0.546. The Morgan fingerprint density at radius 1 is 1.12 bits per heavy atom. The van der Waals surface area contributed by atoms with E-state index in [4.69, 9.17) is 25.8 Å². The van der Waals surface area contributed by atoms with Crippen molar-refractivity contribution in [1.82, 2.24) is 0 Å². The van der Waals surface area contributed by atoms with Crippen LogP contribution in [0.15, 0.2) is 42.5 Å². The van der Waals surface area contributed by atoms with Crippen molar-refractivity contribution in [1.29, 1.82) is 0 Å². The summed E-state index contributed by atoms with van der Waals surface area (Å²) in [7, 11) is 3.10. The molecule has 0 saturated carbocycles. The Kier molecular flexibility index (Phi) is 6.32. The first-order valence-electron chi connectivity index (χ1n) is 7.53. The Balaban J connectivity index is 2.13. The minimum absolute atomic E-state index is 0.277. The average molecular weight is 350 g/mol. The highest BCUT2D eigenvalue weighted by atomic mass is 35.5. The van der Waals surface area contributed by atoms with Crippen LogP contribution in [-0.2, 0) is 4.79 Å². The van der Waals surface area contributed by atoms with Gasteiger partial charge in [-0.15, -0.1) is 0 Å². The molecule has 0 bridgehead atoms. The minimum Gasteiger partial charge on any atom is -0.497 e. The zero-order valence-electron chi connectivity index (χ0n) is 13.8. The van der Waals surface area contributed by atoms with Gasteiger partial charge in [0.05, 0.1) is 24.9 Å². The molecule has 0 aliphatic heterocycles. The molecular weight excluding hydrogens is 330 g/mol. The van der Waals surface area contributed by atoms with Gasteiger partial charge in [-0.05, 0) is 30.7 Å². The molecule has 1 amide bonds. The van der Waals surface area contributed by atoms with Crippen LogP contribution in [0.1, 0.15) is 13.3 Å². The van der Waals surface area contributed by atoms with Gasteiger partial charge in [0.2, 0.25) is 0 Å². The second-order valence-electron chi connectivity index (χ2n) is 5.00. The van der Waals surface area contributed by atoms with Gasteiger partial charge in [-0.2, -0.15) is 0 Å². The lowest BCUT2D eigenvalue weighted by Crippen LogP contribution is -2.32. The summed E-state index contributed by atoms with van der Waals surface area (Å²) in [4.78, 5) is 12.5. The molecular formula is C18H20ClNO4. The standard InChI is InChI=1S/C18H20ClNO4/c1-4-15(24-16-8-6-5-7-13(16)19)18(21)20-14-10-9-12(22-2)11-17(14)23-3/h5-11,15H,4H2,1-3H3,(H,20,21). The van der Waals surface area contributed by atoms with Crippen LogP contribution in [0.4, 0.5) is 5.69 Å². The molecule has 6 heteroatoms. The van der Waals surface area contributed by atoms with Gasteiger partial charge in [0.1, 0.15) is 17.2 Å². The first kappa shape index (κ1) is 17.9. The third kappa shape index (κ3) is 4.32. The summed E-state index contributed by atoms with van der Waals surface area (Å²) in [6.45, 7) is 1.87. The van der Waals surface area contributed by atoms with Crippen LogP contribution in [0, 0.1) is 0 Å². The first-order valence-corrected chi connectivity index (χ1v) is 7.91. The molecule has 1 N–H and O–H groups in total. The van der Waals surface area contributed by atoms with Crippen LogP contribution in [-0.4, -0.2) is 26.2 Å².